The Morgan fingerprint density at radius 3 is 2.96 bits per heavy atom. The minimum Gasteiger partial charge on any atom is -0.370 e. The number of carbonyl (C=O) groups is 1. The molecule has 4 rings (SSSR count). The van der Waals surface area contributed by atoms with E-state index in [4.69, 9.17) is 22.3 Å². The molecule has 1 aliphatic carbocycles. The average molecular weight is 388 g/mol. The van der Waals surface area contributed by atoms with E-state index in [0.717, 1.165) is 40.6 Å². The molecule has 0 atom stereocenters. The summed E-state index contributed by atoms with van der Waals surface area (Å²) in [5.41, 5.74) is 7.36. The number of fused-ring (bicyclic) bond motifs is 3. The number of aromatic nitrogens is 2. The molecule has 1 amide bonds. The van der Waals surface area contributed by atoms with Gasteiger partial charge in [0.2, 0.25) is 5.91 Å². The largest absolute Gasteiger partial charge is 0.370 e. The molecule has 0 fully saturated rings. The van der Waals surface area contributed by atoms with Crippen LogP contribution in [0.15, 0.2) is 29.1 Å². The highest BCUT2D eigenvalue weighted by molar-refractivity contribution is 7.18. The topological polar surface area (TPSA) is 78.0 Å². The summed E-state index contributed by atoms with van der Waals surface area (Å²) in [6.07, 6.45) is 3.62. The van der Waals surface area contributed by atoms with Gasteiger partial charge in [-0.05, 0) is 42.5 Å². The number of nitrogens with two attached hydrogens (primary N) is 1. The van der Waals surface area contributed by atoms with Gasteiger partial charge in [0.25, 0.3) is 5.56 Å². The summed E-state index contributed by atoms with van der Waals surface area (Å²) in [6, 6.07) is 7.51. The molecule has 2 N–H and O–H groups in total. The average Bonchev–Trinajstić information content (AvgIpc) is 3.14. The lowest BCUT2D eigenvalue weighted by Crippen LogP contribution is -2.28. The molecule has 2 heterocycles. The maximum absolute atomic E-state index is 13.2. The van der Waals surface area contributed by atoms with Crippen molar-refractivity contribution in [1.82, 2.24) is 9.55 Å². The molecule has 5 nitrogen and oxygen atoms in total. The summed E-state index contributed by atoms with van der Waals surface area (Å²) in [5, 5.41) is 1.37. The van der Waals surface area contributed by atoms with Crippen LogP contribution in [0.2, 0.25) is 5.02 Å². The van der Waals surface area contributed by atoms with Crippen LogP contribution >= 0.6 is 22.9 Å². The number of aryl methyl sites for hydroxylation is 2. The first kappa shape index (κ1) is 17.2. The maximum Gasteiger partial charge on any atom is 0.262 e. The summed E-state index contributed by atoms with van der Waals surface area (Å²) in [6.45, 7) is 0.248. The van der Waals surface area contributed by atoms with E-state index in [1.54, 1.807) is 15.9 Å². The van der Waals surface area contributed by atoms with Gasteiger partial charge >= 0.3 is 0 Å². The van der Waals surface area contributed by atoms with Crippen molar-refractivity contribution in [2.24, 2.45) is 5.73 Å². The van der Waals surface area contributed by atoms with Crippen molar-refractivity contribution in [1.29, 1.82) is 0 Å². The Balaban J connectivity index is 1.85. The number of nitrogens with zero attached hydrogens (tertiary/aromatic N) is 2. The monoisotopic (exact) mass is 387 g/mol. The number of amides is 1. The predicted octanol–water partition coefficient (Wildman–Crippen LogP) is 3.07. The highest BCUT2D eigenvalue weighted by Crippen LogP contribution is 2.35. The van der Waals surface area contributed by atoms with E-state index in [0.29, 0.717) is 17.3 Å². The number of hydrogen-bond acceptors (Lipinski definition) is 4. The minimum atomic E-state index is -0.429. The number of carbonyl (C=O) groups excluding carboxylic acids is 1. The molecule has 7 heteroatoms. The van der Waals surface area contributed by atoms with Gasteiger partial charge in [0.1, 0.15) is 10.7 Å². The fraction of sp³-hybridized carbons (Fsp3) is 0.316. The smallest absolute Gasteiger partial charge is 0.262 e. The number of rotatable bonds is 5. The SMILES string of the molecule is NC(=O)CCn1c(Cc2cccc(Cl)c2)nc2sc3c(c2c1=O)CCC3. The first-order chi connectivity index (χ1) is 12.5. The molecule has 1 aromatic carbocycles. The Kier molecular flexibility index (Phi) is 4.54. The molecule has 26 heavy (non-hydrogen) atoms. The third kappa shape index (κ3) is 3.15. The molecule has 0 unspecified atom stereocenters. The first-order valence-corrected chi connectivity index (χ1v) is 9.79. The van der Waals surface area contributed by atoms with E-state index < -0.39 is 5.91 Å². The van der Waals surface area contributed by atoms with Crippen molar-refractivity contribution >= 4 is 39.1 Å². The Bertz CT molecular complexity index is 1070. The lowest BCUT2D eigenvalue weighted by atomic mass is 10.1. The van der Waals surface area contributed by atoms with Crippen molar-refractivity contribution in [3.05, 3.63) is 61.5 Å². The van der Waals surface area contributed by atoms with Crippen molar-refractivity contribution in [2.75, 3.05) is 0 Å². The van der Waals surface area contributed by atoms with Gasteiger partial charge in [-0.25, -0.2) is 4.98 Å². The van der Waals surface area contributed by atoms with Gasteiger partial charge < -0.3 is 5.73 Å². The second-order valence-corrected chi connectivity index (χ2v) is 8.07. The molecule has 1 aliphatic rings. The molecule has 0 saturated carbocycles. The number of benzene rings is 1. The Labute approximate surface area is 159 Å². The lowest BCUT2D eigenvalue weighted by Gasteiger charge is -2.12. The van der Waals surface area contributed by atoms with Crippen molar-refractivity contribution < 1.29 is 4.79 Å². The van der Waals surface area contributed by atoms with Crippen LogP contribution in [-0.4, -0.2) is 15.5 Å². The second-order valence-electron chi connectivity index (χ2n) is 6.55. The molecule has 0 saturated heterocycles. The van der Waals surface area contributed by atoms with Gasteiger partial charge in [0, 0.05) is 29.3 Å². The van der Waals surface area contributed by atoms with E-state index in [1.165, 1.54) is 4.88 Å². The fourth-order valence-electron chi connectivity index (χ4n) is 3.54. The van der Waals surface area contributed by atoms with Crippen LogP contribution in [-0.2, 0) is 30.6 Å². The van der Waals surface area contributed by atoms with Crippen LogP contribution in [0.5, 0.6) is 0 Å². The molecule has 0 bridgehead atoms. The second kappa shape index (κ2) is 6.85. The van der Waals surface area contributed by atoms with E-state index in [-0.39, 0.29) is 18.5 Å². The van der Waals surface area contributed by atoms with Crippen molar-refractivity contribution in [2.45, 2.75) is 38.6 Å². The molecule has 0 aliphatic heterocycles. The van der Waals surface area contributed by atoms with Crippen LogP contribution in [0, 0.1) is 0 Å². The Morgan fingerprint density at radius 2 is 2.19 bits per heavy atom. The van der Waals surface area contributed by atoms with Crippen molar-refractivity contribution in [3.8, 4) is 0 Å². The Hall–Kier alpha value is -2.18. The van der Waals surface area contributed by atoms with Gasteiger partial charge in [-0.3, -0.25) is 14.2 Å². The number of thiophene rings is 1. The van der Waals surface area contributed by atoms with Crippen LogP contribution in [0.3, 0.4) is 0 Å². The molecule has 2 aromatic heterocycles. The van der Waals surface area contributed by atoms with E-state index >= 15 is 0 Å². The third-order valence-corrected chi connectivity index (χ3v) is 6.16. The number of primary amides is 1. The van der Waals surface area contributed by atoms with Crippen LogP contribution in [0.25, 0.3) is 10.2 Å². The summed E-state index contributed by atoms with van der Waals surface area (Å²) < 4.78 is 1.61. The summed E-state index contributed by atoms with van der Waals surface area (Å²) in [4.78, 5) is 31.3. The molecule has 0 radical (unpaired) electrons. The molecule has 134 valence electrons. The highest BCUT2D eigenvalue weighted by atomic mass is 35.5. The van der Waals surface area contributed by atoms with E-state index in [1.807, 2.05) is 24.3 Å². The number of halogens is 1. The zero-order valence-electron chi connectivity index (χ0n) is 14.1. The lowest BCUT2D eigenvalue weighted by molar-refractivity contribution is -0.118. The zero-order chi connectivity index (χ0) is 18.3. The Morgan fingerprint density at radius 1 is 1.35 bits per heavy atom. The maximum atomic E-state index is 13.2. The quantitative estimate of drug-likeness (QED) is 0.730. The van der Waals surface area contributed by atoms with Crippen LogP contribution in [0.4, 0.5) is 0 Å². The van der Waals surface area contributed by atoms with Gasteiger partial charge in [-0.15, -0.1) is 11.3 Å². The molecule has 3 aromatic rings. The standard InChI is InChI=1S/C19H18ClN3O2S/c20-12-4-1-3-11(9-12)10-16-22-18-17(13-5-2-6-14(13)26-18)19(25)23(16)8-7-15(21)24/h1,3-4,9H,2,5-8,10H2,(H2,21,24). The molecular formula is C19H18ClN3O2S. The molecule has 0 spiro atoms. The van der Waals surface area contributed by atoms with Crippen LogP contribution < -0.4 is 11.3 Å². The minimum absolute atomic E-state index is 0.0623. The van der Waals surface area contributed by atoms with Gasteiger partial charge in [-0.1, -0.05) is 23.7 Å². The predicted molar refractivity (Wildman–Crippen MR) is 104 cm³/mol. The molecular weight excluding hydrogens is 370 g/mol. The van der Waals surface area contributed by atoms with Gasteiger partial charge in [0.15, 0.2) is 0 Å². The first-order valence-electron chi connectivity index (χ1n) is 8.59. The van der Waals surface area contributed by atoms with Crippen molar-refractivity contribution in [3.63, 3.8) is 0 Å². The van der Waals surface area contributed by atoms with Crippen LogP contribution in [0.1, 0.15) is 34.7 Å². The van der Waals surface area contributed by atoms with Gasteiger partial charge in [0.05, 0.1) is 5.39 Å². The highest BCUT2D eigenvalue weighted by Gasteiger charge is 2.23. The summed E-state index contributed by atoms with van der Waals surface area (Å²) in [7, 11) is 0. The fourth-order valence-corrected chi connectivity index (χ4v) is 5.02. The normalized spacial score (nSPS) is 13.3. The zero-order valence-corrected chi connectivity index (χ0v) is 15.7. The summed E-state index contributed by atoms with van der Waals surface area (Å²) in [5.74, 6) is 0.215. The van der Waals surface area contributed by atoms with E-state index in [2.05, 4.69) is 0 Å². The number of hydrogen-bond donors (Lipinski definition) is 1. The summed E-state index contributed by atoms with van der Waals surface area (Å²) >= 11 is 7.70. The van der Waals surface area contributed by atoms with E-state index in [9.17, 15) is 9.59 Å². The van der Waals surface area contributed by atoms with Gasteiger partial charge in [-0.2, -0.15) is 0 Å². The third-order valence-electron chi connectivity index (χ3n) is 4.74.